The van der Waals surface area contributed by atoms with E-state index in [0.717, 1.165) is 16.8 Å². The number of anilines is 3. The van der Waals surface area contributed by atoms with Crippen LogP contribution in [0.5, 0.6) is 0 Å². The Balaban J connectivity index is 1.82. The van der Waals surface area contributed by atoms with Gasteiger partial charge >= 0.3 is 0 Å². The average molecular weight is 390 g/mol. The summed E-state index contributed by atoms with van der Waals surface area (Å²) in [6.45, 7) is 2.13. The van der Waals surface area contributed by atoms with Gasteiger partial charge in [0, 0.05) is 47.2 Å². The highest BCUT2D eigenvalue weighted by molar-refractivity contribution is 6.36. The van der Waals surface area contributed by atoms with Crippen LogP contribution in [0.25, 0.3) is 5.57 Å². The molecule has 3 rings (SSSR count). The number of carbonyl (C=O) groups excluding carboxylic acids is 2. The molecule has 0 fully saturated rings. The van der Waals surface area contributed by atoms with Gasteiger partial charge in [-0.25, -0.2) is 0 Å². The van der Waals surface area contributed by atoms with Crippen LogP contribution in [0.15, 0.2) is 42.5 Å². The predicted molar refractivity (Wildman–Crippen MR) is 107 cm³/mol. The zero-order valence-electron chi connectivity index (χ0n) is 14.0. The number of amides is 2. The molecule has 0 atom stereocenters. The summed E-state index contributed by atoms with van der Waals surface area (Å²) in [4.78, 5) is 23.6. The van der Waals surface area contributed by atoms with Crippen molar-refractivity contribution in [1.82, 2.24) is 0 Å². The minimum atomic E-state index is -0.265. The van der Waals surface area contributed by atoms with Crippen LogP contribution in [0, 0.1) is 0 Å². The Hall–Kier alpha value is -2.50. The fourth-order valence-electron chi connectivity index (χ4n) is 2.86. The van der Waals surface area contributed by atoms with E-state index in [1.54, 1.807) is 42.5 Å². The Morgan fingerprint density at radius 3 is 2.58 bits per heavy atom. The van der Waals surface area contributed by atoms with Gasteiger partial charge in [0.15, 0.2) is 0 Å². The van der Waals surface area contributed by atoms with Crippen molar-refractivity contribution in [2.24, 2.45) is 0 Å². The highest BCUT2D eigenvalue weighted by Crippen LogP contribution is 2.38. The molecule has 134 valence electrons. The molecule has 0 radical (unpaired) electrons. The first-order chi connectivity index (χ1) is 12.4. The molecule has 1 aliphatic rings. The molecule has 1 heterocycles. The summed E-state index contributed by atoms with van der Waals surface area (Å²) in [5, 5.41) is 9.78. The van der Waals surface area contributed by atoms with Crippen LogP contribution in [0.2, 0.25) is 10.0 Å². The van der Waals surface area contributed by atoms with Crippen LogP contribution in [-0.4, -0.2) is 18.4 Å². The van der Waals surface area contributed by atoms with E-state index in [-0.39, 0.29) is 11.8 Å². The SMILES string of the molecule is CC(=O)Nc1cccc(NC(=O)/C=C2\CCNc3cc(Cl)cc(Cl)c32)c1. The summed E-state index contributed by atoms with van der Waals surface area (Å²) in [5.41, 5.74) is 3.67. The van der Waals surface area contributed by atoms with E-state index in [0.29, 0.717) is 34.4 Å². The third kappa shape index (κ3) is 4.36. The number of hydrogen-bond donors (Lipinski definition) is 3. The minimum Gasteiger partial charge on any atom is -0.384 e. The van der Waals surface area contributed by atoms with Crippen molar-refractivity contribution in [2.75, 3.05) is 22.5 Å². The Labute approximate surface area is 161 Å². The van der Waals surface area contributed by atoms with E-state index in [9.17, 15) is 9.59 Å². The first-order valence-electron chi connectivity index (χ1n) is 8.05. The van der Waals surface area contributed by atoms with Crippen LogP contribution in [0.1, 0.15) is 18.9 Å². The standard InChI is InChI=1S/C19H17Cl2N3O2/c1-11(25)23-14-3-2-4-15(10-14)24-18(26)7-12-5-6-22-17-9-13(20)8-16(21)19(12)17/h2-4,7-10,22H,5-6H2,1H3,(H,23,25)(H,24,26)/b12-7+. The molecular formula is C19H17Cl2N3O2. The van der Waals surface area contributed by atoms with Gasteiger partial charge in [0.05, 0.1) is 5.02 Å². The normalized spacial score (nSPS) is 14.3. The molecule has 5 nitrogen and oxygen atoms in total. The number of nitrogens with one attached hydrogen (secondary N) is 3. The second-order valence-corrected chi connectivity index (χ2v) is 6.75. The molecular weight excluding hydrogens is 373 g/mol. The monoisotopic (exact) mass is 389 g/mol. The molecule has 0 saturated carbocycles. The van der Waals surface area contributed by atoms with Crippen LogP contribution in [0.3, 0.4) is 0 Å². The van der Waals surface area contributed by atoms with Gasteiger partial charge in [0.2, 0.25) is 11.8 Å². The van der Waals surface area contributed by atoms with E-state index in [4.69, 9.17) is 23.2 Å². The van der Waals surface area contributed by atoms with E-state index in [2.05, 4.69) is 16.0 Å². The smallest absolute Gasteiger partial charge is 0.248 e. The van der Waals surface area contributed by atoms with Crippen LogP contribution in [-0.2, 0) is 9.59 Å². The third-order valence-electron chi connectivity index (χ3n) is 3.84. The lowest BCUT2D eigenvalue weighted by molar-refractivity contribution is -0.114. The number of fused-ring (bicyclic) bond motifs is 1. The summed E-state index contributed by atoms with van der Waals surface area (Å²) in [6.07, 6.45) is 2.22. The molecule has 7 heteroatoms. The molecule has 0 saturated heterocycles. The summed E-state index contributed by atoms with van der Waals surface area (Å²) in [7, 11) is 0. The fraction of sp³-hybridized carbons (Fsp3) is 0.158. The predicted octanol–water partition coefficient (Wildman–Crippen LogP) is 4.79. The van der Waals surface area contributed by atoms with Gasteiger partial charge in [-0.2, -0.15) is 0 Å². The van der Waals surface area contributed by atoms with Crippen LogP contribution in [0.4, 0.5) is 17.1 Å². The Morgan fingerprint density at radius 2 is 1.85 bits per heavy atom. The summed E-state index contributed by atoms with van der Waals surface area (Å²) < 4.78 is 0. The lowest BCUT2D eigenvalue weighted by atomic mass is 9.96. The number of benzene rings is 2. The molecule has 2 aromatic carbocycles. The van der Waals surface area contributed by atoms with Crippen molar-refractivity contribution < 1.29 is 9.59 Å². The van der Waals surface area contributed by atoms with Gasteiger partial charge in [-0.15, -0.1) is 0 Å². The Morgan fingerprint density at radius 1 is 1.12 bits per heavy atom. The van der Waals surface area contributed by atoms with Gasteiger partial charge in [0.1, 0.15) is 0 Å². The number of halogens is 2. The van der Waals surface area contributed by atoms with Crippen LogP contribution >= 0.6 is 23.2 Å². The molecule has 0 spiro atoms. The number of rotatable bonds is 3. The molecule has 0 bridgehead atoms. The number of hydrogen-bond acceptors (Lipinski definition) is 3. The highest BCUT2D eigenvalue weighted by Gasteiger charge is 2.19. The molecule has 3 N–H and O–H groups in total. The van der Waals surface area contributed by atoms with E-state index in [1.807, 2.05) is 0 Å². The first kappa shape index (κ1) is 18.3. The lowest BCUT2D eigenvalue weighted by Crippen LogP contribution is -2.15. The molecule has 0 aromatic heterocycles. The van der Waals surface area contributed by atoms with Crippen molar-refractivity contribution in [3.8, 4) is 0 Å². The van der Waals surface area contributed by atoms with Crippen molar-refractivity contribution in [2.45, 2.75) is 13.3 Å². The molecule has 0 unspecified atom stereocenters. The van der Waals surface area contributed by atoms with Crippen molar-refractivity contribution in [1.29, 1.82) is 0 Å². The second-order valence-electron chi connectivity index (χ2n) is 5.91. The molecule has 0 aliphatic carbocycles. The van der Waals surface area contributed by atoms with Crippen molar-refractivity contribution in [3.05, 3.63) is 58.1 Å². The topological polar surface area (TPSA) is 70.2 Å². The molecule has 2 aromatic rings. The maximum atomic E-state index is 12.4. The summed E-state index contributed by atoms with van der Waals surface area (Å²) in [5.74, 6) is -0.436. The van der Waals surface area contributed by atoms with Gasteiger partial charge in [-0.05, 0) is 42.3 Å². The second kappa shape index (κ2) is 7.81. The van der Waals surface area contributed by atoms with Gasteiger partial charge < -0.3 is 16.0 Å². The van der Waals surface area contributed by atoms with E-state index >= 15 is 0 Å². The molecule has 26 heavy (non-hydrogen) atoms. The largest absolute Gasteiger partial charge is 0.384 e. The average Bonchev–Trinajstić information content (AvgIpc) is 2.53. The lowest BCUT2D eigenvalue weighted by Gasteiger charge is -2.22. The Kier molecular flexibility index (Phi) is 5.49. The van der Waals surface area contributed by atoms with E-state index < -0.39 is 0 Å². The molecule has 2 amide bonds. The summed E-state index contributed by atoms with van der Waals surface area (Å²) in [6, 6.07) is 10.4. The van der Waals surface area contributed by atoms with Crippen molar-refractivity contribution >= 4 is 57.7 Å². The Bertz CT molecular complexity index is 910. The van der Waals surface area contributed by atoms with Crippen LogP contribution < -0.4 is 16.0 Å². The highest BCUT2D eigenvalue weighted by atomic mass is 35.5. The van der Waals surface area contributed by atoms with Gasteiger partial charge in [-0.3, -0.25) is 9.59 Å². The molecule has 1 aliphatic heterocycles. The maximum Gasteiger partial charge on any atom is 0.248 e. The quantitative estimate of drug-likeness (QED) is 0.660. The van der Waals surface area contributed by atoms with Crippen molar-refractivity contribution in [3.63, 3.8) is 0 Å². The minimum absolute atomic E-state index is 0.171. The van der Waals surface area contributed by atoms with Gasteiger partial charge in [-0.1, -0.05) is 29.3 Å². The third-order valence-corrected chi connectivity index (χ3v) is 4.36. The zero-order chi connectivity index (χ0) is 18.7. The summed E-state index contributed by atoms with van der Waals surface area (Å²) >= 11 is 12.4. The first-order valence-corrected chi connectivity index (χ1v) is 8.80. The number of carbonyl (C=O) groups is 2. The van der Waals surface area contributed by atoms with Gasteiger partial charge in [0.25, 0.3) is 0 Å². The maximum absolute atomic E-state index is 12.4. The zero-order valence-corrected chi connectivity index (χ0v) is 15.5. The van der Waals surface area contributed by atoms with E-state index in [1.165, 1.54) is 6.92 Å². The fourth-order valence-corrected chi connectivity index (χ4v) is 3.47.